The minimum absolute atomic E-state index is 0.152. The lowest BCUT2D eigenvalue weighted by atomic mass is 10.0. The maximum Gasteiger partial charge on any atom is 0.253 e. The Bertz CT molecular complexity index is 1140. The molecule has 1 aliphatic heterocycles. The molecule has 1 N–H and O–H groups in total. The van der Waals surface area contributed by atoms with Crippen molar-refractivity contribution < 1.29 is 18.0 Å². The number of nitrogens with one attached hydrogen (secondary N) is 1. The van der Waals surface area contributed by atoms with Crippen molar-refractivity contribution in [2.75, 3.05) is 26.2 Å². The second kappa shape index (κ2) is 10.2. The fourth-order valence-electron chi connectivity index (χ4n) is 3.85. The molecule has 0 spiro atoms. The molecule has 0 radical (unpaired) electrons. The number of hydrogen-bond donors (Lipinski definition) is 1. The molecule has 0 aromatic heterocycles. The number of sulfonamides is 1. The summed E-state index contributed by atoms with van der Waals surface area (Å²) in [4.78, 5) is 27.9. The van der Waals surface area contributed by atoms with Crippen molar-refractivity contribution in [1.29, 1.82) is 0 Å². The third kappa shape index (κ3) is 5.57. The van der Waals surface area contributed by atoms with E-state index in [-0.39, 0.29) is 38.0 Å². The number of benzene rings is 2. The second-order valence-electron chi connectivity index (χ2n) is 8.67. The van der Waals surface area contributed by atoms with Gasteiger partial charge in [-0.15, -0.1) is 0 Å². The molecule has 1 saturated heterocycles. The average molecular weight is 492 g/mol. The molecule has 0 unspecified atom stereocenters. The minimum Gasteiger partial charge on any atom is -0.340 e. The van der Waals surface area contributed by atoms with Crippen LogP contribution in [0.2, 0.25) is 5.02 Å². The summed E-state index contributed by atoms with van der Waals surface area (Å²) < 4.78 is 27.8. The molecule has 178 valence electrons. The summed E-state index contributed by atoms with van der Waals surface area (Å²) in [5.41, 5.74) is 1.88. The first kappa shape index (κ1) is 25.2. The smallest absolute Gasteiger partial charge is 0.253 e. The van der Waals surface area contributed by atoms with Gasteiger partial charge in [0.2, 0.25) is 15.9 Å². The lowest BCUT2D eigenvalue weighted by Gasteiger charge is -2.37. The van der Waals surface area contributed by atoms with E-state index in [2.05, 4.69) is 5.32 Å². The SMILES string of the molecule is Cc1ccc(C)c(S(=O)(=O)N2CCN(C(=O)[C@@H](NC(=O)c3ccccc3Cl)C(C)C)CC2)c1. The Balaban J connectivity index is 1.69. The largest absolute Gasteiger partial charge is 0.340 e. The van der Waals surface area contributed by atoms with E-state index in [1.54, 1.807) is 48.2 Å². The van der Waals surface area contributed by atoms with E-state index in [1.807, 2.05) is 26.8 Å². The van der Waals surface area contributed by atoms with Gasteiger partial charge in [-0.05, 0) is 49.1 Å². The van der Waals surface area contributed by atoms with E-state index in [0.29, 0.717) is 21.0 Å². The van der Waals surface area contributed by atoms with Crippen LogP contribution in [-0.4, -0.2) is 61.7 Å². The highest BCUT2D eigenvalue weighted by molar-refractivity contribution is 7.89. The summed E-state index contributed by atoms with van der Waals surface area (Å²) in [7, 11) is -3.65. The van der Waals surface area contributed by atoms with Gasteiger partial charge in [0.05, 0.1) is 15.5 Å². The van der Waals surface area contributed by atoms with Gasteiger partial charge in [0.1, 0.15) is 6.04 Å². The van der Waals surface area contributed by atoms with E-state index in [0.717, 1.165) is 5.56 Å². The van der Waals surface area contributed by atoms with Crippen molar-refractivity contribution in [2.24, 2.45) is 5.92 Å². The number of piperazine rings is 1. The molecule has 3 rings (SSSR count). The van der Waals surface area contributed by atoms with Crippen molar-refractivity contribution in [1.82, 2.24) is 14.5 Å². The van der Waals surface area contributed by atoms with E-state index in [9.17, 15) is 18.0 Å². The predicted molar refractivity (Wildman–Crippen MR) is 129 cm³/mol. The highest BCUT2D eigenvalue weighted by Crippen LogP contribution is 2.23. The first-order valence-electron chi connectivity index (χ1n) is 10.9. The molecule has 2 aromatic rings. The van der Waals surface area contributed by atoms with Crippen LogP contribution in [0, 0.1) is 19.8 Å². The Morgan fingerprint density at radius 2 is 1.64 bits per heavy atom. The number of rotatable bonds is 6. The van der Waals surface area contributed by atoms with Gasteiger partial charge in [-0.2, -0.15) is 4.31 Å². The lowest BCUT2D eigenvalue weighted by Crippen LogP contribution is -2.57. The first-order valence-corrected chi connectivity index (χ1v) is 12.8. The van der Waals surface area contributed by atoms with Crippen molar-refractivity contribution >= 4 is 33.4 Å². The number of carbonyl (C=O) groups excluding carboxylic acids is 2. The topological polar surface area (TPSA) is 86.8 Å². The minimum atomic E-state index is -3.65. The Morgan fingerprint density at radius 1 is 1.00 bits per heavy atom. The summed E-state index contributed by atoms with van der Waals surface area (Å²) in [5, 5.41) is 3.12. The standard InChI is InChI=1S/C24H30ClN3O4S/c1-16(2)22(26-23(29)19-7-5-6-8-20(19)25)24(30)27-11-13-28(14-12-27)33(31,32)21-15-17(3)9-10-18(21)4/h5-10,15-16,22H,11-14H2,1-4H3,(H,26,29)/t22-/m0/s1. The molecule has 1 heterocycles. The van der Waals surface area contributed by atoms with Gasteiger partial charge in [-0.3, -0.25) is 9.59 Å². The van der Waals surface area contributed by atoms with Crippen molar-refractivity contribution in [3.63, 3.8) is 0 Å². The molecule has 2 amide bonds. The lowest BCUT2D eigenvalue weighted by molar-refractivity contribution is -0.135. The molecule has 2 aromatic carbocycles. The fraction of sp³-hybridized carbons (Fsp3) is 0.417. The maximum absolute atomic E-state index is 13.2. The zero-order valence-corrected chi connectivity index (χ0v) is 20.9. The Hall–Kier alpha value is -2.42. The van der Waals surface area contributed by atoms with Crippen molar-refractivity contribution in [2.45, 2.75) is 38.6 Å². The quantitative estimate of drug-likeness (QED) is 0.672. The fourth-order valence-corrected chi connectivity index (χ4v) is 5.80. The molecule has 33 heavy (non-hydrogen) atoms. The average Bonchev–Trinajstić information content (AvgIpc) is 2.78. The molecular weight excluding hydrogens is 462 g/mol. The summed E-state index contributed by atoms with van der Waals surface area (Å²) >= 11 is 6.12. The molecule has 0 saturated carbocycles. The molecule has 9 heteroatoms. The Morgan fingerprint density at radius 3 is 2.24 bits per heavy atom. The van der Waals surface area contributed by atoms with Crippen molar-refractivity contribution in [3.8, 4) is 0 Å². The molecule has 0 bridgehead atoms. The monoisotopic (exact) mass is 491 g/mol. The number of hydrogen-bond acceptors (Lipinski definition) is 4. The molecule has 1 fully saturated rings. The number of amides is 2. The Kier molecular flexibility index (Phi) is 7.82. The van der Waals surface area contributed by atoms with E-state index in [1.165, 1.54) is 4.31 Å². The van der Waals surface area contributed by atoms with Crippen LogP contribution in [0.25, 0.3) is 0 Å². The van der Waals surface area contributed by atoms with Crippen molar-refractivity contribution in [3.05, 3.63) is 64.2 Å². The summed E-state index contributed by atoms with van der Waals surface area (Å²) in [6.45, 7) is 8.27. The van der Waals surface area contributed by atoms with Gasteiger partial charge >= 0.3 is 0 Å². The Labute approximate surface area is 200 Å². The van der Waals surface area contributed by atoms with E-state index in [4.69, 9.17) is 11.6 Å². The normalized spacial score (nSPS) is 16.0. The molecule has 7 nitrogen and oxygen atoms in total. The summed E-state index contributed by atoms with van der Waals surface area (Å²) in [6, 6.07) is 11.3. The molecular formula is C24H30ClN3O4S. The molecule has 0 aliphatic carbocycles. The third-order valence-electron chi connectivity index (χ3n) is 5.85. The van der Waals surface area contributed by atoms with Crippen LogP contribution in [0.15, 0.2) is 47.4 Å². The number of halogens is 1. The highest BCUT2D eigenvalue weighted by Gasteiger charge is 2.35. The highest BCUT2D eigenvalue weighted by atomic mass is 35.5. The van der Waals surface area contributed by atoms with Crippen LogP contribution in [0.1, 0.15) is 35.3 Å². The van der Waals surface area contributed by atoms with E-state index >= 15 is 0 Å². The maximum atomic E-state index is 13.2. The zero-order valence-electron chi connectivity index (χ0n) is 19.3. The number of aryl methyl sites for hydroxylation is 2. The van der Waals surface area contributed by atoms with Crippen LogP contribution in [0.3, 0.4) is 0 Å². The van der Waals surface area contributed by atoms with Gasteiger partial charge < -0.3 is 10.2 Å². The van der Waals surface area contributed by atoms with Gasteiger partial charge in [-0.25, -0.2) is 8.42 Å². The van der Waals surface area contributed by atoms with Crippen LogP contribution in [0.5, 0.6) is 0 Å². The zero-order chi connectivity index (χ0) is 24.3. The van der Waals surface area contributed by atoms with Gasteiger partial charge in [0.15, 0.2) is 0 Å². The van der Waals surface area contributed by atoms with Crippen LogP contribution < -0.4 is 5.32 Å². The number of carbonyl (C=O) groups is 2. The molecule has 1 atom stereocenters. The summed E-state index contributed by atoms with van der Waals surface area (Å²) in [5.74, 6) is -0.793. The molecule has 1 aliphatic rings. The summed E-state index contributed by atoms with van der Waals surface area (Å²) in [6.07, 6.45) is 0. The van der Waals surface area contributed by atoms with Gasteiger partial charge in [-0.1, -0.05) is 49.7 Å². The van der Waals surface area contributed by atoms with Crippen LogP contribution in [-0.2, 0) is 14.8 Å². The van der Waals surface area contributed by atoms with Crippen LogP contribution >= 0.6 is 11.6 Å². The number of nitrogens with zero attached hydrogens (tertiary/aromatic N) is 2. The first-order chi connectivity index (χ1) is 15.5. The van der Waals surface area contributed by atoms with Gasteiger partial charge in [0, 0.05) is 26.2 Å². The second-order valence-corrected chi connectivity index (χ2v) is 11.0. The van der Waals surface area contributed by atoms with Crippen LogP contribution in [0.4, 0.5) is 0 Å². The van der Waals surface area contributed by atoms with E-state index < -0.39 is 22.0 Å². The predicted octanol–water partition coefficient (Wildman–Crippen LogP) is 3.24. The van der Waals surface area contributed by atoms with Gasteiger partial charge in [0.25, 0.3) is 5.91 Å². The third-order valence-corrected chi connectivity index (χ3v) is 8.22.